The molecule has 30 heavy (non-hydrogen) atoms. The SMILES string of the molecule is Cc1noc(C2CCCN(C(=O)c3csc(-c4cnn(-c5ccccc5)c4)n3)C2)n1. The zero-order valence-electron chi connectivity index (χ0n) is 16.4. The largest absolute Gasteiger partial charge is 0.339 e. The Morgan fingerprint density at radius 3 is 2.90 bits per heavy atom. The van der Waals surface area contributed by atoms with Crippen molar-refractivity contribution in [1.82, 2.24) is 29.8 Å². The first-order valence-corrected chi connectivity index (χ1v) is 10.7. The fraction of sp³-hybridized carbons (Fsp3) is 0.286. The fourth-order valence-electron chi connectivity index (χ4n) is 3.66. The van der Waals surface area contributed by atoms with Crippen LogP contribution in [0, 0.1) is 6.92 Å². The van der Waals surface area contributed by atoms with Crippen LogP contribution in [0.5, 0.6) is 0 Å². The first kappa shape index (κ1) is 18.7. The number of aromatic nitrogens is 5. The van der Waals surface area contributed by atoms with E-state index >= 15 is 0 Å². The van der Waals surface area contributed by atoms with E-state index in [4.69, 9.17) is 4.52 Å². The molecule has 0 aliphatic carbocycles. The quantitative estimate of drug-likeness (QED) is 0.500. The lowest BCUT2D eigenvalue weighted by Gasteiger charge is -2.30. The molecule has 152 valence electrons. The second-order valence-corrected chi connectivity index (χ2v) is 8.18. The number of para-hydroxylation sites is 1. The number of likely N-dealkylation sites (tertiary alicyclic amines) is 1. The second-order valence-electron chi connectivity index (χ2n) is 7.32. The molecule has 3 aromatic heterocycles. The Morgan fingerprint density at radius 1 is 1.23 bits per heavy atom. The van der Waals surface area contributed by atoms with Gasteiger partial charge in [0.05, 0.1) is 17.8 Å². The molecule has 1 aliphatic rings. The number of aryl methyl sites for hydroxylation is 1. The minimum atomic E-state index is -0.0612. The Balaban J connectivity index is 1.31. The lowest BCUT2D eigenvalue weighted by Crippen LogP contribution is -2.39. The minimum absolute atomic E-state index is 0.0612. The molecular formula is C21H20N6O2S. The molecule has 1 atom stereocenters. The molecular weight excluding hydrogens is 400 g/mol. The Hall–Kier alpha value is -3.33. The van der Waals surface area contributed by atoms with Gasteiger partial charge >= 0.3 is 0 Å². The molecule has 4 aromatic rings. The van der Waals surface area contributed by atoms with Crippen molar-refractivity contribution >= 4 is 17.2 Å². The maximum atomic E-state index is 13.0. The standard InChI is InChI=1S/C21H20N6O2S/c1-14-23-19(29-25-14)15-6-5-9-26(11-15)21(28)18-13-30-20(24-18)16-10-22-27(12-16)17-7-3-2-4-8-17/h2-4,7-8,10,12-13,15H,5-6,9,11H2,1H3. The molecule has 1 aliphatic heterocycles. The molecule has 0 spiro atoms. The molecule has 4 heterocycles. The summed E-state index contributed by atoms with van der Waals surface area (Å²) in [6.07, 6.45) is 5.54. The van der Waals surface area contributed by atoms with E-state index in [9.17, 15) is 4.79 Å². The van der Waals surface area contributed by atoms with Crippen molar-refractivity contribution in [2.24, 2.45) is 0 Å². The van der Waals surface area contributed by atoms with E-state index in [2.05, 4.69) is 20.2 Å². The number of hydrogen-bond acceptors (Lipinski definition) is 7. The molecule has 1 aromatic carbocycles. The third kappa shape index (κ3) is 3.63. The maximum absolute atomic E-state index is 13.0. The Kier molecular flexibility index (Phi) is 4.88. The average molecular weight is 420 g/mol. The van der Waals surface area contributed by atoms with Crippen LogP contribution in [0.2, 0.25) is 0 Å². The normalized spacial score (nSPS) is 16.7. The summed E-state index contributed by atoms with van der Waals surface area (Å²) in [5.74, 6) is 1.24. The summed E-state index contributed by atoms with van der Waals surface area (Å²) in [6, 6.07) is 9.89. The molecule has 0 saturated carbocycles. The van der Waals surface area contributed by atoms with Crippen LogP contribution in [0.4, 0.5) is 0 Å². The van der Waals surface area contributed by atoms with E-state index in [1.165, 1.54) is 11.3 Å². The molecule has 1 amide bonds. The van der Waals surface area contributed by atoms with Crippen LogP contribution in [0.15, 0.2) is 52.6 Å². The predicted molar refractivity (Wildman–Crippen MR) is 112 cm³/mol. The van der Waals surface area contributed by atoms with Gasteiger partial charge in [-0.1, -0.05) is 23.4 Å². The van der Waals surface area contributed by atoms with Gasteiger partial charge in [-0.05, 0) is 31.9 Å². The number of hydrogen-bond donors (Lipinski definition) is 0. The number of nitrogens with zero attached hydrogens (tertiary/aromatic N) is 6. The van der Waals surface area contributed by atoms with Gasteiger partial charge in [0.15, 0.2) is 5.82 Å². The van der Waals surface area contributed by atoms with Crippen LogP contribution >= 0.6 is 11.3 Å². The van der Waals surface area contributed by atoms with Crippen molar-refractivity contribution in [2.75, 3.05) is 13.1 Å². The highest BCUT2D eigenvalue weighted by atomic mass is 32.1. The van der Waals surface area contributed by atoms with Crippen molar-refractivity contribution in [2.45, 2.75) is 25.7 Å². The maximum Gasteiger partial charge on any atom is 0.273 e. The van der Waals surface area contributed by atoms with Crippen molar-refractivity contribution in [3.63, 3.8) is 0 Å². The molecule has 1 unspecified atom stereocenters. The third-order valence-corrected chi connectivity index (χ3v) is 6.07. The van der Waals surface area contributed by atoms with Crippen LogP contribution in [-0.4, -0.2) is 48.8 Å². The van der Waals surface area contributed by atoms with E-state index in [1.54, 1.807) is 17.8 Å². The molecule has 5 rings (SSSR count). The van der Waals surface area contributed by atoms with E-state index in [0.717, 1.165) is 29.1 Å². The summed E-state index contributed by atoms with van der Waals surface area (Å²) >= 11 is 1.45. The summed E-state index contributed by atoms with van der Waals surface area (Å²) in [6.45, 7) is 3.08. The fourth-order valence-corrected chi connectivity index (χ4v) is 4.43. The van der Waals surface area contributed by atoms with Gasteiger partial charge in [-0.2, -0.15) is 10.1 Å². The summed E-state index contributed by atoms with van der Waals surface area (Å²) in [5, 5.41) is 10.9. The molecule has 0 radical (unpaired) electrons. The van der Waals surface area contributed by atoms with Crippen molar-refractivity contribution in [3.8, 4) is 16.3 Å². The van der Waals surface area contributed by atoms with Gasteiger partial charge in [-0.15, -0.1) is 11.3 Å². The van der Waals surface area contributed by atoms with Gasteiger partial charge in [0.25, 0.3) is 5.91 Å². The van der Waals surface area contributed by atoms with Crippen molar-refractivity contribution < 1.29 is 9.32 Å². The van der Waals surface area contributed by atoms with Crippen LogP contribution in [0.1, 0.15) is 41.0 Å². The van der Waals surface area contributed by atoms with Gasteiger partial charge in [0.2, 0.25) is 5.89 Å². The summed E-state index contributed by atoms with van der Waals surface area (Å²) < 4.78 is 7.12. The van der Waals surface area contributed by atoms with E-state index < -0.39 is 0 Å². The summed E-state index contributed by atoms with van der Waals surface area (Å²) in [4.78, 5) is 23.8. The average Bonchev–Trinajstić information content (AvgIpc) is 3.54. The molecule has 8 nitrogen and oxygen atoms in total. The lowest BCUT2D eigenvalue weighted by atomic mass is 9.98. The van der Waals surface area contributed by atoms with E-state index in [-0.39, 0.29) is 11.8 Å². The monoisotopic (exact) mass is 420 g/mol. The van der Waals surface area contributed by atoms with Crippen LogP contribution in [-0.2, 0) is 0 Å². The summed E-state index contributed by atoms with van der Waals surface area (Å²) in [5.41, 5.74) is 2.33. The molecule has 0 bridgehead atoms. The number of amides is 1. The number of carbonyl (C=O) groups is 1. The smallest absolute Gasteiger partial charge is 0.273 e. The number of carbonyl (C=O) groups excluding carboxylic acids is 1. The highest BCUT2D eigenvalue weighted by Crippen LogP contribution is 2.28. The molecule has 1 saturated heterocycles. The van der Waals surface area contributed by atoms with E-state index in [1.807, 2.05) is 46.8 Å². The Labute approximate surface area is 177 Å². The topological polar surface area (TPSA) is 89.9 Å². The van der Waals surface area contributed by atoms with Gasteiger partial charge in [0.1, 0.15) is 10.7 Å². The number of thiazole rings is 1. The number of benzene rings is 1. The Morgan fingerprint density at radius 2 is 2.10 bits per heavy atom. The van der Waals surface area contributed by atoms with Crippen molar-refractivity contribution in [1.29, 1.82) is 0 Å². The van der Waals surface area contributed by atoms with Gasteiger partial charge in [-0.3, -0.25) is 4.79 Å². The number of piperidine rings is 1. The van der Waals surface area contributed by atoms with E-state index in [0.29, 0.717) is 30.5 Å². The summed E-state index contributed by atoms with van der Waals surface area (Å²) in [7, 11) is 0. The van der Waals surface area contributed by atoms with Gasteiger partial charge in [-0.25, -0.2) is 9.67 Å². The van der Waals surface area contributed by atoms with Crippen LogP contribution in [0.25, 0.3) is 16.3 Å². The molecule has 9 heteroatoms. The zero-order chi connectivity index (χ0) is 20.5. The third-order valence-electron chi connectivity index (χ3n) is 5.17. The van der Waals surface area contributed by atoms with Crippen molar-refractivity contribution in [3.05, 3.63) is 65.5 Å². The predicted octanol–water partition coefficient (Wildman–Crippen LogP) is 3.71. The number of rotatable bonds is 4. The second kappa shape index (κ2) is 7.83. The minimum Gasteiger partial charge on any atom is -0.339 e. The zero-order valence-corrected chi connectivity index (χ0v) is 17.2. The molecule has 0 N–H and O–H groups in total. The van der Waals surface area contributed by atoms with Gasteiger partial charge < -0.3 is 9.42 Å². The first-order chi connectivity index (χ1) is 14.7. The first-order valence-electron chi connectivity index (χ1n) is 9.83. The van der Waals surface area contributed by atoms with Gasteiger partial charge in [0, 0.05) is 30.2 Å². The Bertz CT molecular complexity index is 1170. The molecule has 1 fully saturated rings. The highest BCUT2D eigenvalue weighted by Gasteiger charge is 2.29. The van der Waals surface area contributed by atoms with Crippen LogP contribution < -0.4 is 0 Å². The highest BCUT2D eigenvalue weighted by molar-refractivity contribution is 7.13. The van der Waals surface area contributed by atoms with Crippen LogP contribution in [0.3, 0.4) is 0 Å². The lowest BCUT2D eigenvalue weighted by molar-refractivity contribution is 0.0690.